The maximum atomic E-state index is 15.8. The molecule has 10 nitrogen and oxygen atoms in total. The van der Waals surface area contributed by atoms with E-state index in [2.05, 4.69) is 25.4 Å². The number of alkyl halides is 2. The molecule has 0 amide bonds. The number of ether oxygens (including phenoxy) is 4. The van der Waals surface area contributed by atoms with Gasteiger partial charge in [-0.15, -0.1) is 0 Å². The number of hydrogen-bond acceptors (Lipinski definition) is 10. The maximum Gasteiger partial charge on any atom is 0.510 e. The monoisotopic (exact) mass is 607 g/mol. The molecule has 0 aliphatic heterocycles. The fourth-order valence-electron chi connectivity index (χ4n) is 2.84. The van der Waals surface area contributed by atoms with E-state index in [0.29, 0.717) is 16.3 Å². The molecule has 202 valence electrons. The minimum atomic E-state index is -5.54. The molecule has 37 heavy (non-hydrogen) atoms. The molecule has 0 aromatic heterocycles. The Bertz CT molecular complexity index is 1180. The van der Waals surface area contributed by atoms with Crippen LogP contribution in [0.5, 0.6) is 0 Å². The largest absolute Gasteiger partial charge is 0.510 e. The Morgan fingerprint density at radius 2 is 1.51 bits per heavy atom. The molecule has 0 saturated carbocycles. The molecule has 2 rings (SSSR count). The van der Waals surface area contributed by atoms with E-state index < -0.39 is 56.9 Å². The van der Waals surface area contributed by atoms with Crippen LogP contribution < -0.4 is 0 Å². The fraction of sp³-hybridized carbons (Fsp3) is 0.435. The lowest BCUT2D eigenvalue weighted by Gasteiger charge is -2.27. The highest BCUT2D eigenvalue weighted by molar-refractivity contribution is 9.10. The van der Waals surface area contributed by atoms with E-state index in [4.69, 9.17) is 23.8 Å². The van der Waals surface area contributed by atoms with Gasteiger partial charge in [0.05, 0.1) is 24.7 Å². The van der Waals surface area contributed by atoms with E-state index in [9.17, 15) is 14.2 Å². The van der Waals surface area contributed by atoms with Crippen LogP contribution >= 0.6 is 23.5 Å². The average Bonchev–Trinajstić information content (AvgIpc) is 2.77. The van der Waals surface area contributed by atoms with Crippen LogP contribution in [0.2, 0.25) is 0 Å². The van der Waals surface area contributed by atoms with E-state index in [1.807, 2.05) is 6.07 Å². The van der Waals surface area contributed by atoms with E-state index in [1.165, 1.54) is 39.8 Å². The van der Waals surface area contributed by atoms with Gasteiger partial charge in [-0.25, -0.2) is 9.59 Å². The number of nitrogens with zero attached hydrogens (tertiary/aromatic N) is 1. The zero-order chi connectivity index (χ0) is 27.8. The smallest absolute Gasteiger partial charge is 0.432 e. The molecular formula is C23H25BrF2NO9P. The molecule has 0 aliphatic rings. The van der Waals surface area contributed by atoms with Crippen LogP contribution in [-0.4, -0.2) is 38.1 Å². The number of hydrogen-bond donors (Lipinski definition) is 0. The summed E-state index contributed by atoms with van der Waals surface area (Å²) in [6, 6.07) is 9.25. The molecule has 0 heterocycles. The van der Waals surface area contributed by atoms with Gasteiger partial charge in [0.2, 0.25) is 13.6 Å². The van der Waals surface area contributed by atoms with Crippen LogP contribution in [-0.2, 0) is 44.6 Å². The molecule has 0 radical (unpaired) electrons. The molecule has 0 N–H and O–H groups in total. The lowest BCUT2D eigenvalue weighted by Crippen LogP contribution is -2.23. The van der Waals surface area contributed by atoms with Crippen molar-refractivity contribution in [3.05, 3.63) is 45.9 Å². The van der Waals surface area contributed by atoms with Gasteiger partial charge in [0.15, 0.2) is 0 Å². The summed E-state index contributed by atoms with van der Waals surface area (Å²) >= 11 is 3.06. The summed E-state index contributed by atoms with van der Waals surface area (Å²) < 4.78 is 72.8. The van der Waals surface area contributed by atoms with Gasteiger partial charge in [-0.05, 0) is 56.2 Å². The lowest BCUT2D eigenvalue weighted by atomic mass is 10.0. The molecule has 0 unspecified atom stereocenters. The summed E-state index contributed by atoms with van der Waals surface area (Å²) in [5, 5.41) is 9.81. The Kier molecular flexibility index (Phi) is 10.8. The topological polar surface area (TPSA) is 130 Å². The van der Waals surface area contributed by atoms with Crippen molar-refractivity contribution < 1.29 is 50.9 Å². The molecule has 0 bridgehead atoms. The molecule has 0 spiro atoms. The van der Waals surface area contributed by atoms with Gasteiger partial charge >= 0.3 is 25.6 Å². The SMILES string of the molecule is CC(C)OC(=O)OCOP(=O)(OCOC(=O)OC(C)C)C(F)(F)c1cc2cc(CC#N)ccc2cc1Br. The summed E-state index contributed by atoms with van der Waals surface area (Å²) in [5.41, 5.74) is -4.54. The van der Waals surface area contributed by atoms with Crippen LogP contribution in [0.25, 0.3) is 10.8 Å². The highest BCUT2D eigenvalue weighted by Crippen LogP contribution is 2.67. The zero-order valence-corrected chi connectivity index (χ0v) is 22.8. The number of benzene rings is 2. The van der Waals surface area contributed by atoms with Crippen molar-refractivity contribution in [3.8, 4) is 6.07 Å². The Labute approximate surface area is 220 Å². The van der Waals surface area contributed by atoms with E-state index >= 15 is 8.78 Å². The first kappa shape index (κ1) is 30.4. The van der Waals surface area contributed by atoms with Gasteiger partial charge in [-0.1, -0.05) is 34.1 Å². The van der Waals surface area contributed by atoms with E-state index in [0.717, 1.165) is 6.07 Å². The van der Waals surface area contributed by atoms with Gasteiger partial charge in [-0.3, -0.25) is 13.6 Å². The van der Waals surface area contributed by atoms with Gasteiger partial charge in [0.1, 0.15) is 0 Å². The summed E-state index contributed by atoms with van der Waals surface area (Å²) in [6.07, 6.45) is -3.60. The fourth-order valence-corrected chi connectivity index (χ4v) is 4.86. The predicted molar refractivity (Wildman–Crippen MR) is 130 cm³/mol. The second-order valence-electron chi connectivity index (χ2n) is 8.00. The van der Waals surface area contributed by atoms with Crippen molar-refractivity contribution in [1.29, 1.82) is 5.26 Å². The summed E-state index contributed by atoms with van der Waals surface area (Å²) in [5.74, 6) is 0. The van der Waals surface area contributed by atoms with Crippen molar-refractivity contribution >= 4 is 46.6 Å². The van der Waals surface area contributed by atoms with Crippen LogP contribution in [0.3, 0.4) is 0 Å². The lowest BCUT2D eigenvalue weighted by molar-refractivity contribution is -0.0528. The van der Waals surface area contributed by atoms with Crippen LogP contribution in [0, 0.1) is 11.3 Å². The van der Waals surface area contributed by atoms with Gasteiger partial charge in [0, 0.05) is 10.0 Å². The van der Waals surface area contributed by atoms with Crippen LogP contribution in [0.1, 0.15) is 38.8 Å². The highest BCUT2D eigenvalue weighted by atomic mass is 79.9. The van der Waals surface area contributed by atoms with Crippen molar-refractivity contribution in [3.63, 3.8) is 0 Å². The molecule has 14 heteroatoms. The molecule has 0 saturated heterocycles. The number of fused-ring (bicyclic) bond motifs is 1. The molecule has 2 aromatic carbocycles. The minimum absolute atomic E-state index is 0.0517. The molecule has 0 atom stereocenters. The summed E-state index contributed by atoms with van der Waals surface area (Å²) in [7, 11) is -5.54. The first-order valence-electron chi connectivity index (χ1n) is 10.8. The number of carbonyl (C=O) groups is 2. The summed E-state index contributed by atoms with van der Waals surface area (Å²) in [6.45, 7) is 3.67. The first-order valence-corrected chi connectivity index (χ1v) is 13.2. The van der Waals surface area contributed by atoms with E-state index in [1.54, 1.807) is 12.1 Å². The molecular weight excluding hydrogens is 583 g/mol. The Hall–Kier alpha value is -2.78. The van der Waals surface area contributed by atoms with Gasteiger partial charge in [-0.2, -0.15) is 14.0 Å². The Morgan fingerprint density at radius 3 is 2.00 bits per heavy atom. The number of nitriles is 1. The second kappa shape index (κ2) is 13.1. The molecule has 0 fully saturated rings. The standard InChI is InChI=1S/C23H25BrF2NO9P/c1-14(2)35-21(28)31-12-33-37(30,34-13-32-22(29)36-15(3)4)23(25,26)19-10-18-9-16(7-8-27)5-6-17(18)11-20(19)24/h5-6,9-11,14-15H,7,12-13H2,1-4H3. The minimum Gasteiger partial charge on any atom is -0.432 e. The molecule has 0 aliphatic carbocycles. The zero-order valence-electron chi connectivity index (χ0n) is 20.4. The second-order valence-corrected chi connectivity index (χ2v) is 10.9. The van der Waals surface area contributed by atoms with Crippen molar-refractivity contribution in [2.24, 2.45) is 0 Å². The van der Waals surface area contributed by atoms with Gasteiger partial charge in [0.25, 0.3) is 0 Å². The summed E-state index contributed by atoms with van der Waals surface area (Å²) in [4.78, 5) is 23.2. The third-order valence-electron chi connectivity index (χ3n) is 4.40. The normalized spacial score (nSPS) is 11.9. The van der Waals surface area contributed by atoms with Crippen molar-refractivity contribution in [2.75, 3.05) is 13.6 Å². The third kappa shape index (κ3) is 8.36. The quantitative estimate of drug-likeness (QED) is 0.150. The first-order chi connectivity index (χ1) is 17.3. The van der Waals surface area contributed by atoms with Gasteiger partial charge < -0.3 is 18.9 Å². The number of halogens is 3. The Morgan fingerprint density at radius 1 is 0.973 bits per heavy atom. The maximum absolute atomic E-state index is 15.8. The number of rotatable bonds is 11. The average molecular weight is 608 g/mol. The van der Waals surface area contributed by atoms with Crippen LogP contribution in [0.4, 0.5) is 18.4 Å². The molecule has 2 aromatic rings. The van der Waals surface area contributed by atoms with Crippen LogP contribution in [0.15, 0.2) is 34.8 Å². The third-order valence-corrected chi connectivity index (χ3v) is 6.88. The predicted octanol–water partition coefficient (Wildman–Crippen LogP) is 6.98. The highest BCUT2D eigenvalue weighted by Gasteiger charge is 2.57. The van der Waals surface area contributed by atoms with E-state index in [-0.39, 0.29) is 10.9 Å². The number of carbonyl (C=O) groups excluding carboxylic acids is 2. The van der Waals surface area contributed by atoms with Crippen molar-refractivity contribution in [1.82, 2.24) is 0 Å². The van der Waals surface area contributed by atoms with Crippen molar-refractivity contribution in [2.45, 2.75) is 52.0 Å². The Balaban J connectivity index is 2.39.